The molecule has 0 radical (unpaired) electrons. The fourth-order valence-electron chi connectivity index (χ4n) is 5.50. The quantitative estimate of drug-likeness (QED) is 0.311. The van der Waals surface area contributed by atoms with E-state index >= 15 is 0 Å². The van der Waals surface area contributed by atoms with Gasteiger partial charge in [0.1, 0.15) is 18.2 Å². The Balaban J connectivity index is 1.11. The number of nitrogens with two attached hydrogens (primary N) is 1. The van der Waals surface area contributed by atoms with E-state index in [1.165, 1.54) is 12.1 Å². The van der Waals surface area contributed by atoms with E-state index in [1.54, 1.807) is 30.3 Å². The highest BCUT2D eigenvalue weighted by atomic mass is 32.2. The van der Waals surface area contributed by atoms with Crippen molar-refractivity contribution in [3.05, 3.63) is 83.1 Å². The molecule has 0 amide bonds. The normalized spacial score (nSPS) is 18.1. The molecule has 2 fully saturated rings. The van der Waals surface area contributed by atoms with E-state index < -0.39 is 15.8 Å². The van der Waals surface area contributed by atoms with Gasteiger partial charge >= 0.3 is 0 Å². The van der Waals surface area contributed by atoms with Crippen molar-refractivity contribution in [2.75, 3.05) is 19.7 Å². The molecule has 4 aromatic rings. The second-order valence-electron chi connectivity index (χ2n) is 10.8. The number of sulfonamides is 1. The molecule has 12 heteroatoms. The maximum atomic E-state index is 14.2. The van der Waals surface area contributed by atoms with E-state index in [2.05, 4.69) is 9.47 Å². The number of nitriles is 1. The lowest BCUT2D eigenvalue weighted by Gasteiger charge is -2.32. The number of rotatable bonds is 9. The van der Waals surface area contributed by atoms with Gasteiger partial charge in [0.2, 0.25) is 15.9 Å². The lowest BCUT2D eigenvalue weighted by molar-refractivity contribution is -0.0592. The SMILES string of the molecule is N#Cc1ccc(COc2cccc(C3CCN(Cc4nc5ccc(S(N)(=O)=O)cc5n4C[C@@H]4CCO4)CC3)n2)c(F)c1. The van der Waals surface area contributed by atoms with Crippen LogP contribution in [0.25, 0.3) is 11.0 Å². The zero-order valence-corrected chi connectivity index (χ0v) is 23.8. The number of primary sulfonamides is 1. The zero-order chi connectivity index (χ0) is 29.3. The van der Waals surface area contributed by atoms with E-state index in [1.807, 2.05) is 18.2 Å². The Kier molecular flexibility index (Phi) is 7.92. The number of hydrogen-bond acceptors (Lipinski definition) is 8. The highest BCUT2D eigenvalue weighted by molar-refractivity contribution is 7.89. The molecular formula is C30H31FN6O4S. The summed E-state index contributed by atoms with van der Waals surface area (Å²) in [6.45, 7) is 3.69. The molecule has 2 aromatic carbocycles. The summed E-state index contributed by atoms with van der Waals surface area (Å²) < 4.78 is 51.7. The summed E-state index contributed by atoms with van der Waals surface area (Å²) in [6.07, 6.45) is 2.85. The Bertz CT molecular complexity index is 1760. The lowest BCUT2D eigenvalue weighted by Crippen LogP contribution is -2.35. The Hall–Kier alpha value is -3.89. The monoisotopic (exact) mass is 590 g/mol. The van der Waals surface area contributed by atoms with Crippen molar-refractivity contribution in [3.8, 4) is 11.9 Å². The van der Waals surface area contributed by atoms with Crippen LogP contribution < -0.4 is 9.88 Å². The number of ether oxygens (including phenoxy) is 2. The summed E-state index contributed by atoms with van der Waals surface area (Å²) in [7, 11) is -3.83. The van der Waals surface area contributed by atoms with Crippen molar-refractivity contribution in [2.45, 2.75) is 55.9 Å². The van der Waals surface area contributed by atoms with Crippen molar-refractivity contribution >= 4 is 21.1 Å². The van der Waals surface area contributed by atoms with Crippen LogP contribution in [0.3, 0.4) is 0 Å². The number of piperidine rings is 1. The minimum atomic E-state index is -3.83. The van der Waals surface area contributed by atoms with Gasteiger partial charge in [-0.15, -0.1) is 0 Å². The molecular weight excluding hydrogens is 559 g/mol. The van der Waals surface area contributed by atoms with E-state index in [0.29, 0.717) is 24.5 Å². The highest BCUT2D eigenvalue weighted by Crippen LogP contribution is 2.30. The van der Waals surface area contributed by atoms with Crippen LogP contribution in [0.15, 0.2) is 59.5 Å². The summed E-state index contributed by atoms with van der Waals surface area (Å²) in [5.41, 5.74) is 3.04. The Morgan fingerprint density at radius 3 is 2.60 bits per heavy atom. The molecule has 0 spiro atoms. The number of fused-ring (bicyclic) bond motifs is 1. The molecule has 0 saturated carbocycles. The predicted molar refractivity (Wildman–Crippen MR) is 152 cm³/mol. The first-order valence-electron chi connectivity index (χ1n) is 13.9. The molecule has 0 aliphatic carbocycles. The standard InChI is InChI=1S/C30H31FN6O4S/c31-25-14-20(16-32)4-5-22(25)19-41-30-3-1-2-26(35-30)21-8-11-36(12-9-21)18-29-34-27-7-6-24(42(33,38)39)15-28(27)37(29)17-23-10-13-40-23/h1-7,14-15,21,23H,8-13,17-19H2,(H2,33,38,39)/t23-/m0/s1. The van der Waals surface area contributed by atoms with Gasteiger partial charge in [0.15, 0.2) is 0 Å². The Labute approximate surface area is 243 Å². The molecule has 2 aliphatic rings. The molecule has 1 atom stereocenters. The molecule has 2 saturated heterocycles. The third-order valence-electron chi connectivity index (χ3n) is 7.98. The van der Waals surface area contributed by atoms with Crippen molar-refractivity contribution in [2.24, 2.45) is 5.14 Å². The Morgan fingerprint density at radius 1 is 1.10 bits per heavy atom. The van der Waals surface area contributed by atoms with E-state index in [0.717, 1.165) is 61.5 Å². The fraction of sp³-hybridized carbons (Fsp3) is 0.367. The van der Waals surface area contributed by atoms with E-state index in [4.69, 9.17) is 29.8 Å². The number of nitrogens with zero attached hydrogens (tertiary/aromatic N) is 5. The number of halogens is 1. The molecule has 218 valence electrons. The Morgan fingerprint density at radius 2 is 1.90 bits per heavy atom. The number of imidazole rings is 1. The van der Waals surface area contributed by atoms with Crippen molar-refractivity contribution in [1.82, 2.24) is 19.4 Å². The maximum Gasteiger partial charge on any atom is 0.238 e. The molecule has 2 aliphatic heterocycles. The average molecular weight is 591 g/mol. The van der Waals surface area contributed by atoms with Crippen LogP contribution >= 0.6 is 0 Å². The summed E-state index contributed by atoms with van der Waals surface area (Å²) in [5.74, 6) is 1.09. The number of aromatic nitrogens is 3. The van der Waals surface area contributed by atoms with Crippen LogP contribution in [0.1, 0.15) is 47.8 Å². The van der Waals surface area contributed by atoms with Crippen LogP contribution in [-0.2, 0) is 34.5 Å². The third-order valence-corrected chi connectivity index (χ3v) is 8.89. The molecule has 10 nitrogen and oxygen atoms in total. The maximum absolute atomic E-state index is 14.2. The minimum Gasteiger partial charge on any atom is -0.473 e. The van der Waals surface area contributed by atoms with Crippen molar-refractivity contribution < 1.29 is 22.3 Å². The van der Waals surface area contributed by atoms with Gasteiger partial charge in [0.25, 0.3) is 0 Å². The van der Waals surface area contributed by atoms with Gasteiger partial charge in [-0.25, -0.2) is 27.9 Å². The van der Waals surface area contributed by atoms with Gasteiger partial charge in [0, 0.05) is 29.8 Å². The number of benzene rings is 2. The molecule has 0 unspecified atom stereocenters. The second-order valence-corrected chi connectivity index (χ2v) is 12.3. The second kappa shape index (κ2) is 11.8. The van der Waals surface area contributed by atoms with Crippen molar-refractivity contribution in [3.63, 3.8) is 0 Å². The van der Waals surface area contributed by atoms with Gasteiger partial charge in [-0.3, -0.25) is 4.90 Å². The molecule has 4 heterocycles. The van der Waals surface area contributed by atoms with Crippen LogP contribution in [0.5, 0.6) is 5.88 Å². The summed E-state index contributed by atoms with van der Waals surface area (Å²) in [4.78, 5) is 12.0. The fourth-order valence-corrected chi connectivity index (χ4v) is 6.03. The zero-order valence-electron chi connectivity index (χ0n) is 22.9. The van der Waals surface area contributed by atoms with Gasteiger partial charge in [-0.1, -0.05) is 12.1 Å². The van der Waals surface area contributed by atoms with E-state index in [-0.39, 0.29) is 29.1 Å². The summed E-state index contributed by atoms with van der Waals surface area (Å²) >= 11 is 0. The number of pyridine rings is 1. The van der Waals surface area contributed by atoms with Gasteiger partial charge < -0.3 is 14.0 Å². The lowest BCUT2D eigenvalue weighted by atomic mass is 9.93. The minimum absolute atomic E-state index is 0.0258. The van der Waals surface area contributed by atoms with Crippen LogP contribution in [0.2, 0.25) is 0 Å². The smallest absolute Gasteiger partial charge is 0.238 e. The topological polar surface area (TPSA) is 136 Å². The van der Waals surface area contributed by atoms with E-state index in [9.17, 15) is 12.8 Å². The number of hydrogen-bond donors (Lipinski definition) is 1. The molecule has 2 aromatic heterocycles. The molecule has 42 heavy (non-hydrogen) atoms. The first-order chi connectivity index (χ1) is 20.3. The first-order valence-corrected chi connectivity index (χ1v) is 15.5. The molecule has 0 bridgehead atoms. The average Bonchev–Trinajstić information content (AvgIpc) is 3.30. The molecule has 2 N–H and O–H groups in total. The van der Waals surface area contributed by atoms with Gasteiger partial charge in [0.05, 0.1) is 46.8 Å². The largest absolute Gasteiger partial charge is 0.473 e. The first kappa shape index (κ1) is 28.2. The number of likely N-dealkylation sites (tertiary alicyclic amines) is 1. The highest BCUT2D eigenvalue weighted by Gasteiger charge is 2.26. The van der Waals surface area contributed by atoms with Crippen molar-refractivity contribution in [1.29, 1.82) is 5.26 Å². The van der Waals surface area contributed by atoms with Crippen LogP contribution in [-0.4, -0.2) is 53.7 Å². The molecule has 6 rings (SSSR count). The van der Waals surface area contributed by atoms with Gasteiger partial charge in [-0.05, 0) is 68.8 Å². The van der Waals surface area contributed by atoms with Crippen LogP contribution in [0.4, 0.5) is 4.39 Å². The third kappa shape index (κ3) is 6.15. The summed E-state index contributed by atoms with van der Waals surface area (Å²) in [5, 5.41) is 14.3. The van der Waals surface area contributed by atoms with Gasteiger partial charge in [-0.2, -0.15) is 5.26 Å². The van der Waals surface area contributed by atoms with Crippen LogP contribution in [0, 0.1) is 17.1 Å². The summed E-state index contributed by atoms with van der Waals surface area (Å²) in [6, 6.07) is 16.7. The predicted octanol–water partition coefficient (Wildman–Crippen LogP) is 3.84.